The van der Waals surface area contributed by atoms with Crippen LogP contribution in [-0.4, -0.2) is 70.2 Å². The van der Waals surface area contributed by atoms with Crippen molar-refractivity contribution in [3.8, 4) is 0 Å². The van der Waals surface area contributed by atoms with Crippen LogP contribution in [0, 0.1) is 0 Å². The number of hydrogen-bond donors (Lipinski definition) is 7. The second-order valence-electron chi connectivity index (χ2n) is 5.87. The van der Waals surface area contributed by atoms with Crippen molar-refractivity contribution >= 4 is 28.8 Å². The van der Waals surface area contributed by atoms with Crippen LogP contribution < -0.4 is 11.4 Å². The predicted octanol–water partition coefficient (Wildman–Crippen LogP) is -2.10. The number of ether oxygens (including phenoxy) is 1. The Kier molecular flexibility index (Phi) is 7.23. The van der Waals surface area contributed by atoms with E-state index in [1.54, 1.807) is 0 Å². The maximum Gasteiger partial charge on any atom is 0.476 e. The second kappa shape index (κ2) is 8.63. The third kappa shape index (κ3) is 6.76. The summed E-state index contributed by atoms with van der Waals surface area (Å²) in [4.78, 5) is 50.7. The molecule has 19 heteroatoms. The first-order chi connectivity index (χ1) is 13.1. The highest BCUT2D eigenvalue weighted by Gasteiger charge is 2.47. The third-order valence-corrected chi connectivity index (χ3v) is 8.73. The van der Waals surface area contributed by atoms with E-state index in [9.17, 15) is 28.7 Å². The lowest BCUT2D eigenvalue weighted by Gasteiger charge is -2.22. The number of nitrogen functional groups attached to an aromatic ring is 1. The monoisotopic (exact) mass is 481 g/mol. The first-order valence-corrected chi connectivity index (χ1v) is 12.6. The highest BCUT2D eigenvalue weighted by atomic mass is 31.3. The predicted molar refractivity (Wildman–Crippen MR) is 92.4 cm³/mol. The molecule has 1 aromatic heterocycles. The molecule has 16 nitrogen and oxygen atoms in total. The fourth-order valence-corrected chi connectivity index (χ4v) is 7.04. The van der Waals surface area contributed by atoms with E-state index in [1.807, 2.05) is 0 Å². The third-order valence-electron chi connectivity index (χ3n) is 3.49. The van der Waals surface area contributed by atoms with Crippen LogP contribution in [0.5, 0.6) is 0 Å². The van der Waals surface area contributed by atoms with Crippen molar-refractivity contribution in [2.45, 2.75) is 24.5 Å². The molecule has 1 aliphatic heterocycles. The van der Waals surface area contributed by atoms with E-state index < -0.39 is 65.8 Å². The second-order valence-corrected chi connectivity index (χ2v) is 11.4. The molecule has 1 saturated heterocycles. The molecule has 5 atom stereocenters. The fraction of sp³-hybridized carbons (Fsp3) is 0.600. The summed E-state index contributed by atoms with van der Waals surface area (Å²) in [6.45, 7) is -0.969. The van der Waals surface area contributed by atoms with E-state index in [0.717, 1.165) is 10.8 Å². The number of rotatable bonds is 8. The largest absolute Gasteiger partial charge is 0.476 e. The Balaban J connectivity index is 2.17. The summed E-state index contributed by atoms with van der Waals surface area (Å²) in [5.41, 5.74) is 4.41. The van der Waals surface area contributed by atoms with Crippen molar-refractivity contribution in [3.05, 3.63) is 22.7 Å². The highest BCUT2D eigenvalue weighted by Crippen LogP contribution is 2.66. The lowest BCUT2D eigenvalue weighted by atomic mass is 10.1. The van der Waals surface area contributed by atoms with Gasteiger partial charge in [0.15, 0.2) is 12.1 Å². The van der Waals surface area contributed by atoms with Gasteiger partial charge in [-0.2, -0.15) is 4.98 Å². The van der Waals surface area contributed by atoms with Crippen LogP contribution in [-0.2, 0) is 27.3 Å². The molecule has 0 aromatic carbocycles. The van der Waals surface area contributed by atoms with Gasteiger partial charge in [0.1, 0.15) is 24.1 Å². The van der Waals surface area contributed by atoms with Gasteiger partial charge in [-0.15, -0.1) is 0 Å². The molecular weight excluding hydrogens is 463 g/mol. The topological polar surface area (TPSA) is 261 Å². The van der Waals surface area contributed by atoms with Gasteiger partial charge >= 0.3 is 28.7 Å². The van der Waals surface area contributed by atoms with E-state index in [4.69, 9.17) is 30.0 Å². The summed E-state index contributed by atoms with van der Waals surface area (Å²) in [6.07, 6.45) is -5.35. The molecule has 1 aliphatic rings. The number of hydrogen-bond acceptors (Lipinski definition) is 11. The Morgan fingerprint density at radius 2 is 1.79 bits per heavy atom. The van der Waals surface area contributed by atoms with E-state index in [-0.39, 0.29) is 5.82 Å². The molecule has 8 N–H and O–H groups in total. The Morgan fingerprint density at radius 1 is 1.17 bits per heavy atom. The minimum Gasteiger partial charge on any atom is -0.387 e. The van der Waals surface area contributed by atoms with E-state index in [2.05, 4.69) is 13.8 Å². The number of aliphatic hydroxyl groups excluding tert-OH is 2. The molecule has 1 fully saturated rings. The van der Waals surface area contributed by atoms with Gasteiger partial charge in [-0.05, 0) is 6.07 Å². The standard InChI is InChI=1S/C10H18N3O13P3/c11-6-1-2-13(10(16)12-6)9-8(15)7(14)5(25-9)3-24-28(20,4-27(17,18)19)26-29(21,22)23/h1-2,5,7-9,14-15H,3-4H2,(H2,11,12,16)(H2,17,18,19)(H2,21,22,23)/t5-,7?,8+,9-,28?/m0/s1. The van der Waals surface area contributed by atoms with Gasteiger partial charge in [0.2, 0.25) is 0 Å². The summed E-state index contributed by atoms with van der Waals surface area (Å²) >= 11 is 0. The van der Waals surface area contributed by atoms with Crippen molar-refractivity contribution < 1.29 is 57.1 Å². The number of nitrogens with zero attached hydrogens (tertiary/aromatic N) is 2. The van der Waals surface area contributed by atoms with Crippen LogP contribution in [0.2, 0.25) is 0 Å². The first-order valence-electron chi connectivity index (χ1n) is 7.51. The molecule has 2 heterocycles. The maximum absolute atomic E-state index is 12.3. The number of anilines is 1. The molecular formula is C10H18N3O13P3. The molecule has 1 aromatic rings. The zero-order valence-electron chi connectivity index (χ0n) is 14.2. The van der Waals surface area contributed by atoms with Crippen molar-refractivity contribution in [2.24, 2.45) is 0 Å². The van der Waals surface area contributed by atoms with Gasteiger partial charge in [0, 0.05) is 6.20 Å². The van der Waals surface area contributed by atoms with E-state index in [1.165, 1.54) is 6.07 Å². The minimum absolute atomic E-state index is 0.118. The summed E-state index contributed by atoms with van der Waals surface area (Å²) in [6, 6.07) is 1.20. The van der Waals surface area contributed by atoms with Crippen LogP contribution in [0.15, 0.2) is 17.1 Å². The molecule has 166 valence electrons. The van der Waals surface area contributed by atoms with Crippen LogP contribution in [0.25, 0.3) is 0 Å². The number of aliphatic hydroxyl groups is 2. The molecule has 2 rings (SSSR count). The molecule has 0 saturated carbocycles. The van der Waals surface area contributed by atoms with Crippen LogP contribution >= 0.6 is 23.0 Å². The summed E-state index contributed by atoms with van der Waals surface area (Å²) in [5, 5.41) is 20.1. The Morgan fingerprint density at radius 3 is 2.31 bits per heavy atom. The number of nitrogens with two attached hydrogens (primary N) is 1. The SMILES string of the molecule is Nc1ccn([C@H]2O[C@@H](COP(=O)(CP(=O)(O)O)OP(=O)(O)O)C(O)[C@H]2O)c(=O)n1. The average molecular weight is 481 g/mol. The van der Waals surface area contributed by atoms with Crippen molar-refractivity contribution in [3.63, 3.8) is 0 Å². The Bertz CT molecular complexity index is 912. The molecule has 0 amide bonds. The lowest BCUT2D eigenvalue weighted by Crippen LogP contribution is -2.36. The van der Waals surface area contributed by atoms with Crippen LogP contribution in [0.4, 0.5) is 5.82 Å². The zero-order chi connectivity index (χ0) is 22.2. The van der Waals surface area contributed by atoms with Gasteiger partial charge in [-0.3, -0.25) is 13.7 Å². The van der Waals surface area contributed by atoms with E-state index in [0.29, 0.717) is 0 Å². The number of aromatic nitrogens is 2. The van der Waals surface area contributed by atoms with Gasteiger partial charge < -0.3 is 44.8 Å². The smallest absolute Gasteiger partial charge is 0.387 e. The quantitative estimate of drug-likeness (QED) is 0.196. The van der Waals surface area contributed by atoms with Crippen molar-refractivity contribution in [1.29, 1.82) is 0 Å². The van der Waals surface area contributed by atoms with Crippen LogP contribution in [0.3, 0.4) is 0 Å². The molecule has 0 bridgehead atoms. The normalized spacial score (nSPS) is 27.7. The highest BCUT2D eigenvalue weighted by molar-refractivity contribution is 7.74. The van der Waals surface area contributed by atoms with Gasteiger partial charge in [-0.1, -0.05) is 0 Å². The van der Waals surface area contributed by atoms with Gasteiger partial charge in [0.05, 0.1) is 6.61 Å². The van der Waals surface area contributed by atoms with Crippen molar-refractivity contribution in [1.82, 2.24) is 9.55 Å². The molecule has 0 spiro atoms. The molecule has 0 radical (unpaired) electrons. The Hall–Kier alpha value is -0.990. The maximum atomic E-state index is 12.3. The molecule has 29 heavy (non-hydrogen) atoms. The summed E-state index contributed by atoms with van der Waals surface area (Å²) in [5.74, 6) is -1.78. The first kappa shape index (κ1) is 24.3. The average Bonchev–Trinajstić information content (AvgIpc) is 2.77. The number of phosphoric acid groups is 1. The van der Waals surface area contributed by atoms with Crippen molar-refractivity contribution in [2.75, 3.05) is 18.2 Å². The Labute approximate surface area is 161 Å². The van der Waals surface area contributed by atoms with E-state index >= 15 is 0 Å². The van der Waals surface area contributed by atoms with Gasteiger partial charge in [-0.25, -0.2) is 13.7 Å². The zero-order valence-corrected chi connectivity index (χ0v) is 16.9. The summed E-state index contributed by atoms with van der Waals surface area (Å²) < 4.78 is 48.9. The van der Waals surface area contributed by atoms with Gasteiger partial charge in [0.25, 0.3) is 0 Å². The molecule has 0 aliphatic carbocycles. The van der Waals surface area contributed by atoms with Crippen LogP contribution in [0.1, 0.15) is 6.23 Å². The fourth-order valence-electron chi connectivity index (χ4n) is 2.38. The summed E-state index contributed by atoms with van der Waals surface area (Å²) in [7, 11) is -15.7. The molecule has 2 unspecified atom stereocenters. The minimum atomic E-state index is -5.48. The lowest BCUT2D eigenvalue weighted by molar-refractivity contribution is -0.0523.